The highest BCUT2D eigenvalue weighted by molar-refractivity contribution is 6.33. The summed E-state index contributed by atoms with van der Waals surface area (Å²) in [4.78, 5) is 4.07. The van der Waals surface area contributed by atoms with E-state index < -0.39 is 0 Å². The Hall–Kier alpha value is -1.54. The van der Waals surface area contributed by atoms with Gasteiger partial charge in [0.05, 0.1) is 16.9 Å². The Balaban J connectivity index is 1.86. The van der Waals surface area contributed by atoms with Gasteiger partial charge in [-0.25, -0.2) is 0 Å². The number of hydrogen-bond acceptors (Lipinski definition) is 2. The van der Waals surface area contributed by atoms with Crippen LogP contribution in [0.1, 0.15) is 18.9 Å². The number of hydrogen-bond donors (Lipinski definition) is 1. The number of anilines is 1. The number of aromatic nitrogens is 1. The third-order valence-corrected chi connectivity index (χ3v) is 3.21. The Morgan fingerprint density at radius 3 is 2.72 bits per heavy atom. The van der Waals surface area contributed by atoms with Crippen molar-refractivity contribution in [2.45, 2.75) is 25.8 Å². The number of pyridine rings is 1. The summed E-state index contributed by atoms with van der Waals surface area (Å²) < 4.78 is 0. The van der Waals surface area contributed by atoms with Crippen LogP contribution in [0.3, 0.4) is 0 Å². The van der Waals surface area contributed by atoms with Gasteiger partial charge in [0.1, 0.15) is 0 Å². The molecule has 1 aromatic heterocycles. The molecule has 0 bridgehead atoms. The summed E-state index contributed by atoms with van der Waals surface area (Å²) >= 11 is 6.08. The molecular formula is C15H17ClN2. The maximum Gasteiger partial charge on any atom is 0.0718 e. The van der Waals surface area contributed by atoms with E-state index in [-0.39, 0.29) is 0 Å². The fourth-order valence-corrected chi connectivity index (χ4v) is 2.01. The van der Waals surface area contributed by atoms with Crippen LogP contribution in [-0.2, 0) is 6.42 Å². The van der Waals surface area contributed by atoms with E-state index in [4.69, 9.17) is 11.6 Å². The van der Waals surface area contributed by atoms with Crippen molar-refractivity contribution in [3.05, 3.63) is 59.4 Å². The molecule has 1 unspecified atom stereocenters. The van der Waals surface area contributed by atoms with Gasteiger partial charge in [-0.3, -0.25) is 4.98 Å². The monoisotopic (exact) mass is 260 g/mol. The summed E-state index contributed by atoms with van der Waals surface area (Å²) in [7, 11) is 0. The molecule has 0 saturated carbocycles. The number of aryl methyl sites for hydroxylation is 1. The zero-order chi connectivity index (χ0) is 12.8. The van der Waals surface area contributed by atoms with E-state index in [0.29, 0.717) is 6.04 Å². The van der Waals surface area contributed by atoms with E-state index in [2.05, 4.69) is 41.5 Å². The van der Waals surface area contributed by atoms with Crippen LogP contribution >= 0.6 is 11.6 Å². The average Bonchev–Trinajstić information content (AvgIpc) is 2.40. The van der Waals surface area contributed by atoms with Gasteiger partial charge in [0.25, 0.3) is 0 Å². The van der Waals surface area contributed by atoms with Gasteiger partial charge in [0.2, 0.25) is 0 Å². The molecule has 0 radical (unpaired) electrons. The van der Waals surface area contributed by atoms with E-state index >= 15 is 0 Å². The smallest absolute Gasteiger partial charge is 0.0718 e. The van der Waals surface area contributed by atoms with E-state index in [1.165, 1.54) is 5.56 Å². The normalized spacial score (nSPS) is 12.1. The highest BCUT2D eigenvalue weighted by atomic mass is 35.5. The molecule has 3 heteroatoms. The van der Waals surface area contributed by atoms with Crippen molar-refractivity contribution in [2.75, 3.05) is 5.32 Å². The summed E-state index contributed by atoms with van der Waals surface area (Å²) in [6.45, 7) is 2.16. The molecule has 18 heavy (non-hydrogen) atoms. The van der Waals surface area contributed by atoms with E-state index in [9.17, 15) is 0 Å². The second kappa shape index (κ2) is 6.41. The van der Waals surface area contributed by atoms with E-state index in [1.54, 1.807) is 18.5 Å². The maximum atomic E-state index is 6.08. The summed E-state index contributed by atoms with van der Waals surface area (Å²) in [5, 5.41) is 4.10. The molecule has 1 aromatic carbocycles. The van der Waals surface area contributed by atoms with Crippen molar-refractivity contribution in [3.8, 4) is 0 Å². The highest BCUT2D eigenvalue weighted by Gasteiger charge is 2.05. The minimum absolute atomic E-state index is 0.368. The van der Waals surface area contributed by atoms with Crippen LogP contribution in [0.5, 0.6) is 0 Å². The minimum atomic E-state index is 0.368. The topological polar surface area (TPSA) is 24.9 Å². The molecule has 0 aliphatic carbocycles. The van der Waals surface area contributed by atoms with Gasteiger partial charge in [-0.1, -0.05) is 41.9 Å². The van der Waals surface area contributed by atoms with Gasteiger partial charge in [-0.2, -0.15) is 0 Å². The Morgan fingerprint density at radius 2 is 2.00 bits per heavy atom. The first-order valence-corrected chi connectivity index (χ1v) is 6.53. The number of benzene rings is 1. The molecule has 0 aliphatic rings. The molecule has 0 fully saturated rings. The van der Waals surface area contributed by atoms with Gasteiger partial charge < -0.3 is 5.32 Å². The van der Waals surface area contributed by atoms with Crippen molar-refractivity contribution in [3.63, 3.8) is 0 Å². The van der Waals surface area contributed by atoms with Crippen LogP contribution in [0.2, 0.25) is 5.02 Å². The molecule has 94 valence electrons. The maximum absolute atomic E-state index is 6.08. The first-order chi connectivity index (χ1) is 8.75. The van der Waals surface area contributed by atoms with Crippen molar-refractivity contribution >= 4 is 17.3 Å². The van der Waals surface area contributed by atoms with Gasteiger partial charge in [-0.05, 0) is 31.4 Å². The highest BCUT2D eigenvalue weighted by Crippen LogP contribution is 2.20. The fourth-order valence-electron chi connectivity index (χ4n) is 1.85. The first kappa shape index (κ1) is 12.9. The molecule has 2 nitrogen and oxygen atoms in total. The number of rotatable bonds is 5. The quantitative estimate of drug-likeness (QED) is 0.873. The third-order valence-electron chi connectivity index (χ3n) is 2.88. The van der Waals surface area contributed by atoms with Crippen molar-refractivity contribution in [1.82, 2.24) is 4.98 Å². The van der Waals surface area contributed by atoms with Crippen LogP contribution in [-0.4, -0.2) is 11.0 Å². The summed E-state index contributed by atoms with van der Waals surface area (Å²) in [5.41, 5.74) is 2.27. The Bertz CT molecular complexity index is 485. The molecule has 0 saturated heterocycles. The summed E-state index contributed by atoms with van der Waals surface area (Å²) in [6, 6.07) is 12.7. The van der Waals surface area contributed by atoms with Gasteiger partial charge in [-0.15, -0.1) is 0 Å². The Kier molecular flexibility index (Phi) is 4.59. The van der Waals surface area contributed by atoms with Crippen LogP contribution < -0.4 is 5.32 Å². The standard InChI is InChI=1S/C15H17ClN2/c1-12(7-8-13-5-3-2-4-6-13)18-15-11-17-10-9-14(15)16/h2-6,9-12,18H,7-8H2,1H3. The van der Waals surface area contributed by atoms with Crippen molar-refractivity contribution < 1.29 is 0 Å². The molecule has 1 heterocycles. The molecule has 1 N–H and O–H groups in total. The Morgan fingerprint density at radius 1 is 1.22 bits per heavy atom. The first-order valence-electron chi connectivity index (χ1n) is 6.15. The zero-order valence-corrected chi connectivity index (χ0v) is 11.2. The predicted molar refractivity (Wildman–Crippen MR) is 77.1 cm³/mol. The van der Waals surface area contributed by atoms with Gasteiger partial charge >= 0.3 is 0 Å². The lowest BCUT2D eigenvalue weighted by Crippen LogP contribution is -2.16. The minimum Gasteiger partial charge on any atom is -0.380 e. The molecule has 0 amide bonds. The average molecular weight is 261 g/mol. The SMILES string of the molecule is CC(CCc1ccccc1)Nc1cnccc1Cl. The lowest BCUT2D eigenvalue weighted by Gasteiger charge is -2.15. The van der Waals surface area contributed by atoms with Crippen molar-refractivity contribution in [1.29, 1.82) is 0 Å². The number of nitrogens with zero attached hydrogens (tertiary/aromatic N) is 1. The van der Waals surface area contributed by atoms with Crippen LogP contribution in [0, 0.1) is 0 Å². The number of halogens is 1. The molecule has 0 spiro atoms. The number of nitrogens with one attached hydrogen (secondary N) is 1. The van der Waals surface area contributed by atoms with Crippen LogP contribution in [0.4, 0.5) is 5.69 Å². The molecule has 1 atom stereocenters. The lowest BCUT2D eigenvalue weighted by molar-refractivity contribution is 0.706. The van der Waals surface area contributed by atoms with Crippen LogP contribution in [0.25, 0.3) is 0 Å². The zero-order valence-electron chi connectivity index (χ0n) is 10.4. The summed E-state index contributed by atoms with van der Waals surface area (Å²) in [5.74, 6) is 0. The predicted octanol–water partition coefficient (Wildman–Crippen LogP) is 4.17. The summed E-state index contributed by atoms with van der Waals surface area (Å²) in [6.07, 6.45) is 5.59. The van der Waals surface area contributed by atoms with E-state index in [0.717, 1.165) is 23.6 Å². The third kappa shape index (κ3) is 3.74. The van der Waals surface area contributed by atoms with Gasteiger partial charge in [0.15, 0.2) is 0 Å². The largest absolute Gasteiger partial charge is 0.380 e. The lowest BCUT2D eigenvalue weighted by atomic mass is 10.1. The van der Waals surface area contributed by atoms with Crippen molar-refractivity contribution in [2.24, 2.45) is 0 Å². The second-order valence-corrected chi connectivity index (χ2v) is 4.83. The molecular weight excluding hydrogens is 244 g/mol. The Labute approximate surface area is 113 Å². The van der Waals surface area contributed by atoms with E-state index in [1.807, 2.05) is 6.07 Å². The van der Waals surface area contributed by atoms with Crippen LogP contribution in [0.15, 0.2) is 48.8 Å². The fraction of sp³-hybridized carbons (Fsp3) is 0.267. The molecule has 2 rings (SSSR count). The molecule has 2 aromatic rings. The van der Waals surface area contributed by atoms with Gasteiger partial charge in [0, 0.05) is 12.2 Å². The second-order valence-electron chi connectivity index (χ2n) is 4.43. The molecule has 0 aliphatic heterocycles.